The number of aromatic hydroxyl groups is 1. The SMILES string of the molecule is Nc1c(O)cccc1C(=O)C[C@H](N)C(=O)O.Nc1ccccc1C(=O)C[C@H](NO)C(=O)O. The van der Waals surface area contributed by atoms with E-state index in [-0.39, 0.29) is 41.1 Å². The zero-order valence-electron chi connectivity index (χ0n) is 16.8. The van der Waals surface area contributed by atoms with E-state index in [1.165, 1.54) is 24.3 Å². The minimum absolute atomic E-state index is 0.0647. The van der Waals surface area contributed by atoms with Crippen molar-refractivity contribution < 1.29 is 39.7 Å². The summed E-state index contributed by atoms with van der Waals surface area (Å²) in [7, 11) is 0. The standard InChI is InChI=1S/2C10H12N2O4/c11-6(10(15)16)4-8(14)5-2-1-3-7(13)9(5)12;11-7-4-2-1-3-6(7)9(13)5-8(12-16)10(14)15/h1-3,6,13H,4,11-12H2,(H,15,16);1-4,8,12,16H,5,11H2,(H,14,15)/t6-;8-/m00/s1. The molecule has 172 valence electrons. The fraction of sp³-hybridized carbons (Fsp3) is 0.200. The summed E-state index contributed by atoms with van der Waals surface area (Å²) in [6, 6.07) is 7.96. The van der Waals surface area contributed by atoms with E-state index in [1.54, 1.807) is 23.7 Å². The molecule has 11 N–H and O–H groups in total. The largest absolute Gasteiger partial charge is 0.506 e. The molecule has 0 amide bonds. The minimum Gasteiger partial charge on any atom is -0.506 e. The molecule has 2 aromatic carbocycles. The predicted molar refractivity (Wildman–Crippen MR) is 113 cm³/mol. The number of Topliss-reactive ketones (excluding diaryl/α,β-unsaturated/α-hetero) is 2. The van der Waals surface area contributed by atoms with Gasteiger partial charge in [0, 0.05) is 29.7 Å². The van der Waals surface area contributed by atoms with Gasteiger partial charge in [-0.25, -0.2) is 0 Å². The number of phenolic OH excluding ortho intramolecular Hbond substituents is 1. The molecule has 0 unspecified atom stereocenters. The average Bonchev–Trinajstić information content (AvgIpc) is 2.74. The van der Waals surface area contributed by atoms with Crippen LogP contribution in [0.3, 0.4) is 0 Å². The summed E-state index contributed by atoms with van der Waals surface area (Å²) in [5, 5.41) is 35.0. The first kappa shape index (κ1) is 26.0. The first-order chi connectivity index (χ1) is 15.0. The van der Waals surface area contributed by atoms with Crippen molar-refractivity contribution in [1.82, 2.24) is 5.48 Å². The van der Waals surface area contributed by atoms with E-state index in [1.807, 2.05) is 0 Å². The van der Waals surface area contributed by atoms with E-state index in [4.69, 9.17) is 32.6 Å². The van der Waals surface area contributed by atoms with Gasteiger partial charge in [0.1, 0.15) is 17.8 Å². The zero-order valence-corrected chi connectivity index (χ0v) is 16.8. The van der Waals surface area contributed by atoms with Crippen molar-refractivity contribution in [2.24, 2.45) is 5.73 Å². The van der Waals surface area contributed by atoms with Crippen LogP contribution >= 0.6 is 0 Å². The number of hydroxylamine groups is 1. The number of carboxylic acid groups (broad SMARTS) is 2. The number of ketones is 2. The molecule has 0 saturated carbocycles. The molecule has 0 heterocycles. The smallest absolute Gasteiger partial charge is 0.323 e. The Bertz CT molecular complexity index is 995. The lowest BCUT2D eigenvalue weighted by Gasteiger charge is -2.09. The molecule has 0 spiro atoms. The van der Waals surface area contributed by atoms with Crippen molar-refractivity contribution in [2.75, 3.05) is 11.5 Å². The Morgan fingerprint density at radius 3 is 1.94 bits per heavy atom. The fourth-order valence-corrected chi connectivity index (χ4v) is 2.43. The molecule has 0 aromatic heterocycles. The van der Waals surface area contributed by atoms with Gasteiger partial charge in [0.2, 0.25) is 0 Å². The monoisotopic (exact) mass is 448 g/mol. The normalized spacial score (nSPS) is 12.1. The number of rotatable bonds is 9. The zero-order chi connectivity index (χ0) is 24.4. The summed E-state index contributed by atoms with van der Waals surface area (Å²) in [6.07, 6.45) is -0.719. The van der Waals surface area contributed by atoms with E-state index in [9.17, 15) is 24.3 Å². The Hall–Kier alpha value is -4.00. The van der Waals surface area contributed by atoms with E-state index < -0.39 is 35.6 Å². The van der Waals surface area contributed by atoms with Crippen LogP contribution in [0.2, 0.25) is 0 Å². The number of phenols is 1. The predicted octanol–water partition coefficient (Wildman–Crippen LogP) is 0.233. The molecule has 0 aliphatic carbocycles. The lowest BCUT2D eigenvalue weighted by Crippen LogP contribution is -2.36. The molecule has 0 fully saturated rings. The average molecular weight is 448 g/mol. The van der Waals surface area contributed by atoms with Gasteiger partial charge in [-0.15, -0.1) is 0 Å². The topological polar surface area (TPSA) is 239 Å². The number of nitrogens with two attached hydrogens (primary N) is 3. The summed E-state index contributed by atoms with van der Waals surface area (Å²) in [4.78, 5) is 44.3. The highest BCUT2D eigenvalue weighted by molar-refractivity contribution is 6.04. The molecule has 12 heteroatoms. The van der Waals surface area contributed by atoms with Crippen LogP contribution in [0.25, 0.3) is 0 Å². The number of nitrogen functional groups attached to an aromatic ring is 2. The third-order valence-corrected chi connectivity index (χ3v) is 4.21. The van der Waals surface area contributed by atoms with Crippen molar-refractivity contribution in [3.05, 3.63) is 53.6 Å². The molecule has 0 aliphatic rings. The number of para-hydroxylation sites is 2. The number of benzene rings is 2. The molecule has 0 radical (unpaired) electrons. The van der Waals surface area contributed by atoms with Gasteiger partial charge in [-0.3, -0.25) is 19.2 Å². The highest BCUT2D eigenvalue weighted by Gasteiger charge is 2.22. The van der Waals surface area contributed by atoms with Gasteiger partial charge in [-0.1, -0.05) is 18.2 Å². The van der Waals surface area contributed by atoms with Gasteiger partial charge >= 0.3 is 11.9 Å². The second-order valence-electron chi connectivity index (χ2n) is 6.54. The number of carboxylic acids is 2. The summed E-state index contributed by atoms with van der Waals surface area (Å²) in [6.45, 7) is 0. The van der Waals surface area contributed by atoms with Crippen LogP contribution in [-0.2, 0) is 9.59 Å². The van der Waals surface area contributed by atoms with Crippen LogP contribution in [0.15, 0.2) is 42.5 Å². The van der Waals surface area contributed by atoms with Crippen molar-refractivity contribution in [3.63, 3.8) is 0 Å². The Labute approximate surface area is 182 Å². The van der Waals surface area contributed by atoms with Gasteiger partial charge in [0.05, 0.1) is 5.69 Å². The molecule has 0 bridgehead atoms. The van der Waals surface area contributed by atoms with E-state index in [0.717, 1.165) is 0 Å². The highest BCUT2D eigenvalue weighted by Crippen LogP contribution is 2.24. The molecule has 0 aliphatic heterocycles. The second-order valence-corrected chi connectivity index (χ2v) is 6.54. The van der Waals surface area contributed by atoms with Crippen molar-refractivity contribution in [2.45, 2.75) is 24.9 Å². The summed E-state index contributed by atoms with van der Waals surface area (Å²) < 4.78 is 0. The number of aliphatic carboxylic acids is 2. The molecular weight excluding hydrogens is 424 g/mol. The lowest BCUT2D eigenvalue weighted by atomic mass is 10.0. The lowest BCUT2D eigenvalue weighted by molar-refractivity contribution is -0.142. The van der Waals surface area contributed by atoms with E-state index in [2.05, 4.69) is 0 Å². The Kier molecular flexibility index (Phi) is 9.76. The Balaban J connectivity index is 0.000000320. The number of carbonyl (C=O) groups is 4. The van der Waals surface area contributed by atoms with Gasteiger partial charge < -0.3 is 37.7 Å². The van der Waals surface area contributed by atoms with Crippen molar-refractivity contribution in [3.8, 4) is 5.75 Å². The second kappa shape index (κ2) is 12.0. The van der Waals surface area contributed by atoms with E-state index >= 15 is 0 Å². The van der Waals surface area contributed by atoms with Gasteiger partial charge in [0.25, 0.3) is 0 Å². The maximum Gasteiger partial charge on any atom is 0.323 e. The van der Waals surface area contributed by atoms with Crippen LogP contribution in [0.5, 0.6) is 5.75 Å². The Morgan fingerprint density at radius 2 is 1.41 bits per heavy atom. The first-order valence-corrected chi connectivity index (χ1v) is 9.08. The quantitative estimate of drug-likeness (QED) is 0.111. The fourth-order valence-electron chi connectivity index (χ4n) is 2.43. The number of hydrogen-bond acceptors (Lipinski definition) is 10. The van der Waals surface area contributed by atoms with Gasteiger partial charge in [-0.2, -0.15) is 5.48 Å². The number of anilines is 2. The molecule has 32 heavy (non-hydrogen) atoms. The Morgan fingerprint density at radius 1 is 0.844 bits per heavy atom. The van der Waals surface area contributed by atoms with Crippen LogP contribution in [0, 0.1) is 0 Å². The molecule has 2 rings (SSSR count). The molecule has 2 aromatic rings. The van der Waals surface area contributed by atoms with Crippen LogP contribution in [0.4, 0.5) is 11.4 Å². The third-order valence-electron chi connectivity index (χ3n) is 4.21. The van der Waals surface area contributed by atoms with E-state index in [0.29, 0.717) is 0 Å². The van der Waals surface area contributed by atoms with Gasteiger partial charge in [-0.05, 0) is 24.3 Å². The molecular formula is C20H24N4O8. The van der Waals surface area contributed by atoms with Crippen LogP contribution in [0.1, 0.15) is 33.6 Å². The van der Waals surface area contributed by atoms with Gasteiger partial charge in [0.15, 0.2) is 11.6 Å². The summed E-state index contributed by atoms with van der Waals surface area (Å²) in [5.74, 6) is -3.72. The number of nitrogens with one attached hydrogen (secondary N) is 1. The van der Waals surface area contributed by atoms with Crippen molar-refractivity contribution in [1.29, 1.82) is 0 Å². The summed E-state index contributed by atoms with van der Waals surface area (Å²) >= 11 is 0. The number of carbonyl (C=O) groups excluding carboxylic acids is 2. The van der Waals surface area contributed by atoms with Crippen molar-refractivity contribution >= 4 is 34.9 Å². The first-order valence-electron chi connectivity index (χ1n) is 9.08. The third kappa shape index (κ3) is 7.36. The van der Waals surface area contributed by atoms with Crippen LogP contribution in [-0.4, -0.2) is 56.1 Å². The minimum atomic E-state index is -1.33. The highest BCUT2D eigenvalue weighted by atomic mass is 16.5. The molecule has 2 atom stereocenters. The van der Waals surface area contributed by atoms with Crippen LogP contribution < -0.4 is 22.7 Å². The molecule has 0 saturated heterocycles. The number of hydrogen-bond donors (Lipinski definition) is 8. The maximum atomic E-state index is 11.6. The maximum absolute atomic E-state index is 11.6. The summed E-state index contributed by atoms with van der Waals surface area (Å²) in [5.41, 5.74) is 18.4. The molecule has 12 nitrogen and oxygen atoms in total.